The Kier molecular flexibility index (Phi) is 2.69. The van der Waals surface area contributed by atoms with Crippen LogP contribution in [0.5, 0.6) is 0 Å². The van der Waals surface area contributed by atoms with E-state index >= 15 is 0 Å². The van der Waals surface area contributed by atoms with Gasteiger partial charge in [-0.2, -0.15) is 10.4 Å². The molecule has 0 saturated carbocycles. The summed E-state index contributed by atoms with van der Waals surface area (Å²) in [5.41, 5.74) is 2.03. The van der Waals surface area contributed by atoms with E-state index in [1.54, 1.807) is 24.4 Å². The molecule has 0 amide bonds. The topological polar surface area (TPSA) is 41.6 Å². The third-order valence-electron chi connectivity index (χ3n) is 2.46. The Morgan fingerprint density at radius 3 is 2.88 bits per heavy atom. The summed E-state index contributed by atoms with van der Waals surface area (Å²) in [4.78, 5) is 0. The van der Waals surface area contributed by atoms with Crippen molar-refractivity contribution in [2.75, 3.05) is 0 Å². The number of aromatic nitrogens is 2. The lowest BCUT2D eigenvalue weighted by Crippen LogP contribution is -2.02. The van der Waals surface area contributed by atoms with Crippen LogP contribution in [0.3, 0.4) is 0 Å². The lowest BCUT2D eigenvalue weighted by molar-refractivity contribution is 0.608. The second-order valence-electron chi connectivity index (χ2n) is 3.45. The van der Waals surface area contributed by atoms with Gasteiger partial charge in [-0.3, -0.25) is 0 Å². The number of hydrogen-bond acceptors (Lipinski definition) is 2. The molecule has 2 rings (SSSR count). The molecule has 0 bridgehead atoms. The van der Waals surface area contributed by atoms with E-state index in [9.17, 15) is 4.39 Å². The molecule has 0 spiro atoms. The predicted molar refractivity (Wildman–Crippen MR) is 57.6 cm³/mol. The minimum Gasteiger partial charge on any atom is -0.235 e. The van der Waals surface area contributed by atoms with Crippen molar-refractivity contribution in [2.24, 2.45) is 0 Å². The van der Waals surface area contributed by atoms with Gasteiger partial charge in [0, 0.05) is 11.3 Å². The van der Waals surface area contributed by atoms with Crippen LogP contribution in [0.25, 0.3) is 5.69 Å². The summed E-state index contributed by atoms with van der Waals surface area (Å²) in [5.74, 6) is -0.322. The van der Waals surface area contributed by atoms with Gasteiger partial charge in [-0.05, 0) is 19.1 Å². The highest BCUT2D eigenvalue weighted by atomic mass is 19.1. The molecule has 0 aliphatic carbocycles. The van der Waals surface area contributed by atoms with Gasteiger partial charge < -0.3 is 0 Å². The standard InChI is InChI=1S/C12H10FN3/c1-9-10(6-7-14)8-15-16(9)12-5-3-2-4-11(12)13/h2-5,8H,6H2,1H3. The van der Waals surface area contributed by atoms with Crippen LogP contribution in [0.1, 0.15) is 11.3 Å². The van der Waals surface area contributed by atoms with Crippen LogP contribution in [-0.2, 0) is 6.42 Å². The van der Waals surface area contributed by atoms with E-state index in [4.69, 9.17) is 5.26 Å². The first-order valence-electron chi connectivity index (χ1n) is 4.89. The van der Waals surface area contributed by atoms with Gasteiger partial charge in [0.15, 0.2) is 0 Å². The van der Waals surface area contributed by atoms with E-state index in [1.807, 2.05) is 6.92 Å². The molecule has 1 aromatic carbocycles. The van der Waals surface area contributed by atoms with E-state index in [0.717, 1.165) is 11.3 Å². The van der Waals surface area contributed by atoms with Crippen molar-refractivity contribution in [3.8, 4) is 11.8 Å². The predicted octanol–water partition coefficient (Wildman–Crippen LogP) is 2.39. The van der Waals surface area contributed by atoms with Crippen LogP contribution < -0.4 is 0 Å². The molecule has 0 saturated heterocycles. The quantitative estimate of drug-likeness (QED) is 0.771. The van der Waals surface area contributed by atoms with Crippen molar-refractivity contribution < 1.29 is 4.39 Å². The van der Waals surface area contributed by atoms with Gasteiger partial charge in [-0.1, -0.05) is 12.1 Å². The number of nitriles is 1. The first kappa shape index (κ1) is 10.4. The van der Waals surface area contributed by atoms with Gasteiger partial charge in [0.05, 0.1) is 18.7 Å². The molecule has 0 fully saturated rings. The van der Waals surface area contributed by atoms with Gasteiger partial charge in [0.25, 0.3) is 0 Å². The van der Waals surface area contributed by atoms with Crippen LogP contribution in [0.15, 0.2) is 30.5 Å². The van der Waals surface area contributed by atoms with Crippen molar-refractivity contribution in [3.05, 3.63) is 47.5 Å². The van der Waals surface area contributed by atoms with Crippen LogP contribution in [0.2, 0.25) is 0 Å². The van der Waals surface area contributed by atoms with Crippen LogP contribution in [0, 0.1) is 24.1 Å². The summed E-state index contributed by atoms with van der Waals surface area (Å²) >= 11 is 0. The van der Waals surface area contributed by atoms with Crippen LogP contribution in [0.4, 0.5) is 4.39 Å². The Hall–Kier alpha value is -2.15. The summed E-state index contributed by atoms with van der Waals surface area (Å²) in [7, 11) is 0. The van der Waals surface area contributed by atoms with Crippen molar-refractivity contribution in [2.45, 2.75) is 13.3 Å². The molecular formula is C12H10FN3. The number of benzene rings is 1. The molecule has 0 atom stereocenters. The molecule has 4 heteroatoms. The van der Waals surface area contributed by atoms with Crippen LogP contribution in [-0.4, -0.2) is 9.78 Å². The first-order valence-corrected chi connectivity index (χ1v) is 4.89. The maximum atomic E-state index is 13.5. The number of para-hydroxylation sites is 1. The lowest BCUT2D eigenvalue weighted by Gasteiger charge is -2.05. The fourth-order valence-corrected chi connectivity index (χ4v) is 1.57. The molecular weight excluding hydrogens is 205 g/mol. The lowest BCUT2D eigenvalue weighted by atomic mass is 10.2. The molecule has 0 aliphatic rings. The highest BCUT2D eigenvalue weighted by Gasteiger charge is 2.10. The highest BCUT2D eigenvalue weighted by Crippen LogP contribution is 2.16. The van der Waals surface area contributed by atoms with E-state index in [2.05, 4.69) is 11.2 Å². The Bertz CT molecular complexity index is 552. The fraction of sp³-hybridized carbons (Fsp3) is 0.167. The summed E-state index contributed by atoms with van der Waals surface area (Å²) in [6.07, 6.45) is 1.89. The molecule has 0 aliphatic heterocycles. The largest absolute Gasteiger partial charge is 0.235 e. The summed E-state index contributed by atoms with van der Waals surface area (Å²) in [6, 6.07) is 8.49. The van der Waals surface area contributed by atoms with Gasteiger partial charge in [0.2, 0.25) is 0 Å². The van der Waals surface area contributed by atoms with Crippen molar-refractivity contribution >= 4 is 0 Å². The van der Waals surface area contributed by atoms with Crippen molar-refractivity contribution in [1.82, 2.24) is 9.78 Å². The highest BCUT2D eigenvalue weighted by molar-refractivity contribution is 5.36. The zero-order chi connectivity index (χ0) is 11.5. The Labute approximate surface area is 92.7 Å². The third-order valence-corrected chi connectivity index (χ3v) is 2.46. The maximum Gasteiger partial charge on any atom is 0.148 e. The molecule has 0 N–H and O–H groups in total. The SMILES string of the molecule is Cc1c(CC#N)cnn1-c1ccccc1F. The van der Waals surface area contributed by atoms with Crippen LogP contribution >= 0.6 is 0 Å². The minimum atomic E-state index is -0.322. The van der Waals surface area contributed by atoms with Gasteiger partial charge in [-0.25, -0.2) is 9.07 Å². The van der Waals surface area contributed by atoms with E-state index in [-0.39, 0.29) is 5.82 Å². The van der Waals surface area contributed by atoms with E-state index in [1.165, 1.54) is 10.7 Å². The zero-order valence-corrected chi connectivity index (χ0v) is 8.81. The Morgan fingerprint density at radius 1 is 1.44 bits per heavy atom. The van der Waals surface area contributed by atoms with Gasteiger partial charge in [0.1, 0.15) is 11.5 Å². The molecule has 2 aromatic rings. The summed E-state index contributed by atoms with van der Waals surface area (Å²) in [5, 5.41) is 12.7. The normalized spacial score (nSPS) is 10.1. The van der Waals surface area contributed by atoms with Gasteiger partial charge in [-0.15, -0.1) is 0 Å². The van der Waals surface area contributed by atoms with Crippen molar-refractivity contribution in [3.63, 3.8) is 0 Å². The molecule has 0 unspecified atom stereocenters. The second kappa shape index (κ2) is 4.15. The molecule has 1 heterocycles. The zero-order valence-electron chi connectivity index (χ0n) is 8.81. The number of rotatable bonds is 2. The van der Waals surface area contributed by atoms with E-state index < -0.39 is 0 Å². The molecule has 0 radical (unpaired) electrons. The molecule has 80 valence electrons. The third kappa shape index (κ3) is 1.68. The smallest absolute Gasteiger partial charge is 0.148 e. The summed E-state index contributed by atoms with van der Waals surface area (Å²) < 4.78 is 15.0. The molecule has 16 heavy (non-hydrogen) atoms. The summed E-state index contributed by atoms with van der Waals surface area (Å²) in [6.45, 7) is 1.83. The number of halogens is 1. The molecule has 1 aromatic heterocycles. The second-order valence-corrected chi connectivity index (χ2v) is 3.45. The van der Waals surface area contributed by atoms with Crippen molar-refractivity contribution in [1.29, 1.82) is 5.26 Å². The molecule has 3 nitrogen and oxygen atoms in total. The average Bonchev–Trinajstić information content (AvgIpc) is 2.62. The number of hydrogen-bond donors (Lipinski definition) is 0. The Balaban J connectivity index is 2.50. The fourth-order valence-electron chi connectivity index (χ4n) is 1.57. The first-order chi connectivity index (χ1) is 7.74. The maximum absolute atomic E-state index is 13.5. The van der Waals surface area contributed by atoms with Gasteiger partial charge >= 0.3 is 0 Å². The average molecular weight is 215 g/mol. The number of nitrogens with zero attached hydrogens (tertiary/aromatic N) is 3. The minimum absolute atomic E-state index is 0.292. The monoisotopic (exact) mass is 215 g/mol. The Morgan fingerprint density at radius 2 is 2.19 bits per heavy atom. The van der Waals surface area contributed by atoms with E-state index in [0.29, 0.717) is 12.1 Å².